The minimum absolute atomic E-state index is 0.0794. The Morgan fingerprint density at radius 1 is 1.00 bits per heavy atom. The SMILES string of the molecule is CCOCCOCCOP(O)(O)(Cl)Cl. The van der Waals surface area contributed by atoms with E-state index in [1.165, 1.54) is 0 Å². The fourth-order valence-corrected chi connectivity index (χ4v) is 1.40. The third kappa shape index (κ3) is 12.8. The Balaban J connectivity index is 3.23. The fraction of sp³-hybridized carbons (Fsp3) is 1.00. The first-order chi connectivity index (χ1) is 6.31. The Morgan fingerprint density at radius 2 is 1.50 bits per heavy atom. The molecule has 2 N–H and O–H groups in total. The van der Waals surface area contributed by atoms with Crippen molar-refractivity contribution in [3.05, 3.63) is 0 Å². The average molecular weight is 269 g/mol. The number of rotatable bonds is 8. The maximum absolute atomic E-state index is 8.84. The number of halogens is 2. The van der Waals surface area contributed by atoms with E-state index in [1.54, 1.807) is 0 Å². The summed E-state index contributed by atoms with van der Waals surface area (Å²) in [4.78, 5) is 17.7. The van der Waals surface area contributed by atoms with E-state index in [0.717, 1.165) is 0 Å². The van der Waals surface area contributed by atoms with Gasteiger partial charge in [-0.05, 0) is 0 Å². The second-order valence-electron chi connectivity index (χ2n) is 2.40. The van der Waals surface area contributed by atoms with E-state index in [9.17, 15) is 0 Å². The molecule has 5 nitrogen and oxygen atoms in total. The minimum atomic E-state index is -4.85. The molecule has 88 valence electrons. The molecule has 0 aliphatic rings. The summed E-state index contributed by atoms with van der Waals surface area (Å²) in [5, 5.41) is 0. The topological polar surface area (TPSA) is 68.2 Å². The van der Waals surface area contributed by atoms with Crippen molar-refractivity contribution in [3.8, 4) is 0 Å². The van der Waals surface area contributed by atoms with E-state index in [0.29, 0.717) is 19.8 Å². The third-order valence-corrected chi connectivity index (χ3v) is 2.30. The fourth-order valence-electron chi connectivity index (χ4n) is 0.611. The van der Waals surface area contributed by atoms with E-state index in [-0.39, 0.29) is 13.2 Å². The first-order valence-electron chi connectivity index (χ1n) is 4.07. The van der Waals surface area contributed by atoms with Gasteiger partial charge in [0.1, 0.15) is 0 Å². The van der Waals surface area contributed by atoms with Crippen LogP contribution in [0.2, 0.25) is 0 Å². The predicted molar refractivity (Wildman–Crippen MR) is 56.3 cm³/mol. The van der Waals surface area contributed by atoms with Gasteiger partial charge in [0, 0.05) is 0 Å². The van der Waals surface area contributed by atoms with Gasteiger partial charge in [-0.3, -0.25) is 0 Å². The van der Waals surface area contributed by atoms with Crippen LogP contribution in [0.5, 0.6) is 0 Å². The van der Waals surface area contributed by atoms with Gasteiger partial charge < -0.3 is 0 Å². The van der Waals surface area contributed by atoms with E-state index in [4.69, 9.17) is 41.7 Å². The molecule has 0 saturated carbocycles. The molecule has 0 saturated heterocycles. The van der Waals surface area contributed by atoms with Crippen LogP contribution in [0.3, 0.4) is 0 Å². The molecule has 0 aromatic heterocycles. The van der Waals surface area contributed by atoms with Gasteiger partial charge in [0.2, 0.25) is 0 Å². The standard InChI is InChI=1S/C6H15Cl2O5P/c1-2-11-3-4-12-5-6-13-14(7,8,9)10/h9-10H,2-6H2,1H3. The number of ether oxygens (including phenoxy) is 2. The molecule has 14 heavy (non-hydrogen) atoms. The van der Waals surface area contributed by atoms with Crippen LogP contribution in [0.15, 0.2) is 0 Å². The molecule has 0 spiro atoms. The van der Waals surface area contributed by atoms with Gasteiger partial charge in [-0.2, -0.15) is 0 Å². The Labute approximate surface area is 92.6 Å². The Kier molecular flexibility index (Phi) is 6.78. The molecule has 0 atom stereocenters. The molecule has 0 rings (SSSR count). The van der Waals surface area contributed by atoms with Crippen LogP contribution in [-0.2, 0) is 14.0 Å². The van der Waals surface area contributed by atoms with Crippen LogP contribution in [0.1, 0.15) is 6.92 Å². The Bertz CT molecular complexity index is 151. The zero-order valence-electron chi connectivity index (χ0n) is 7.86. The van der Waals surface area contributed by atoms with Gasteiger partial charge >= 0.3 is 92.2 Å². The van der Waals surface area contributed by atoms with Crippen molar-refractivity contribution in [2.45, 2.75) is 6.92 Å². The summed E-state index contributed by atoms with van der Waals surface area (Å²) in [5.41, 5.74) is 0. The van der Waals surface area contributed by atoms with Crippen LogP contribution in [0, 0.1) is 0 Å². The van der Waals surface area contributed by atoms with Crippen LogP contribution < -0.4 is 0 Å². The summed E-state index contributed by atoms with van der Waals surface area (Å²) in [6.45, 7) is 3.50. The van der Waals surface area contributed by atoms with Crippen molar-refractivity contribution in [1.82, 2.24) is 0 Å². The summed E-state index contributed by atoms with van der Waals surface area (Å²) in [7, 11) is 0. The van der Waals surface area contributed by atoms with Crippen molar-refractivity contribution in [1.29, 1.82) is 0 Å². The van der Waals surface area contributed by atoms with E-state index in [1.807, 2.05) is 6.92 Å². The summed E-state index contributed by atoms with van der Waals surface area (Å²) >= 11 is 10.1. The quantitative estimate of drug-likeness (QED) is 0.518. The van der Waals surface area contributed by atoms with Gasteiger partial charge in [0.15, 0.2) is 0 Å². The molecule has 0 bridgehead atoms. The summed E-state index contributed by atoms with van der Waals surface area (Å²) < 4.78 is 14.4. The molecule has 0 aliphatic carbocycles. The summed E-state index contributed by atoms with van der Waals surface area (Å²) in [5.74, 6) is -4.85. The number of hydrogen-bond acceptors (Lipinski definition) is 5. The second kappa shape index (κ2) is 6.40. The number of hydrogen-bond donors (Lipinski definition) is 2. The van der Waals surface area contributed by atoms with Crippen LogP contribution in [0.25, 0.3) is 0 Å². The van der Waals surface area contributed by atoms with Crippen LogP contribution >= 0.6 is 28.5 Å². The molecule has 0 amide bonds. The molecule has 0 aliphatic heterocycles. The van der Waals surface area contributed by atoms with Gasteiger partial charge in [0.05, 0.1) is 0 Å². The van der Waals surface area contributed by atoms with Crippen molar-refractivity contribution < 1.29 is 23.8 Å². The molecule has 0 unspecified atom stereocenters. The van der Waals surface area contributed by atoms with Crippen molar-refractivity contribution in [2.75, 3.05) is 33.0 Å². The monoisotopic (exact) mass is 268 g/mol. The summed E-state index contributed by atoms with van der Waals surface area (Å²) in [6.07, 6.45) is 0. The Morgan fingerprint density at radius 3 is 2.00 bits per heavy atom. The predicted octanol–water partition coefficient (Wildman–Crippen LogP) is 1.65. The molecule has 8 heteroatoms. The normalized spacial score (nSPS) is 15.1. The maximum atomic E-state index is 8.84. The Hall–Kier alpha value is 0.810. The third-order valence-electron chi connectivity index (χ3n) is 1.11. The van der Waals surface area contributed by atoms with E-state index < -0.39 is 5.99 Å². The van der Waals surface area contributed by atoms with Gasteiger partial charge in [-0.15, -0.1) is 0 Å². The van der Waals surface area contributed by atoms with E-state index in [2.05, 4.69) is 4.52 Å². The molecular formula is C6H15Cl2O5P. The second-order valence-corrected chi connectivity index (χ2v) is 8.35. The van der Waals surface area contributed by atoms with Gasteiger partial charge in [0.25, 0.3) is 0 Å². The molecular weight excluding hydrogens is 254 g/mol. The first-order valence-corrected chi connectivity index (χ1v) is 7.94. The molecule has 0 aromatic carbocycles. The zero-order chi connectivity index (χ0) is 11.1. The zero-order valence-corrected chi connectivity index (χ0v) is 10.3. The van der Waals surface area contributed by atoms with Crippen LogP contribution in [-0.4, -0.2) is 42.8 Å². The van der Waals surface area contributed by atoms with Crippen LogP contribution in [0.4, 0.5) is 0 Å². The molecule has 0 fully saturated rings. The van der Waals surface area contributed by atoms with Crippen molar-refractivity contribution in [3.63, 3.8) is 0 Å². The van der Waals surface area contributed by atoms with Gasteiger partial charge in [-0.25, -0.2) is 0 Å². The van der Waals surface area contributed by atoms with Crippen molar-refractivity contribution in [2.24, 2.45) is 0 Å². The molecule has 0 aromatic rings. The van der Waals surface area contributed by atoms with E-state index >= 15 is 0 Å². The first kappa shape index (κ1) is 14.8. The van der Waals surface area contributed by atoms with Gasteiger partial charge in [-0.1, -0.05) is 0 Å². The van der Waals surface area contributed by atoms with Crippen molar-refractivity contribution >= 4 is 28.5 Å². The average Bonchev–Trinajstić information content (AvgIpc) is 2.00. The molecule has 0 radical (unpaired) electrons. The summed E-state index contributed by atoms with van der Waals surface area (Å²) in [6, 6.07) is 0. The molecule has 0 heterocycles.